The van der Waals surface area contributed by atoms with Crippen LogP contribution in [0.3, 0.4) is 0 Å². The summed E-state index contributed by atoms with van der Waals surface area (Å²) >= 11 is 12.0. The lowest BCUT2D eigenvalue weighted by Crippen LogP contribution is -2.33. The van der Waals surface area contributed by atoms with Crippen molar-refractivity contribution in [3.05, 3.63) is 70.0 Å². The first-order chi connectivity index (χ1) is 13.9. The SMILES string of the molecule is CC(=O)N1CCCc2cc(NC(=O)c3ccn(-c4ccc(Cl)c(Cl)c4)n3)ccc21. The Kier molecular flexibility index (Phi) is 5.30. The van der Waals surface area contributed by atoms with Crippen LogP contribution in [0.25, 0.3) is 5.69 Å². The van der Waals surface area contributed by atoms with Crippen molar-refractivity contribution in [3.63, 3.8) is 0 Å². The summed E-state index contributed by atoms with van der Waals surface area (Å²) in [4.78, 5) is 26.2. The van der Waals surface area contributed by atoms with Crippen LogP contribution in [0, 0.1) is 0 Å². The van der Waals surface area contributed by atoms with Gasteiger partial charge in [-0.05, 0) is 60.9 Å². The van der Waals surface area contributed by atoms with E-state index < -0.39 is 0 Å². The summed E-state index contributed by atoms with van der Waals surface area (Å²) in [6.45, 7) is 2.29. The number of hydrogen-bond acceptors (Lipinski definition) is 3. The van der Waals surface area contributed by atoms with E-state index in [-0.39, 0.29) is 17.5 Å². The summed E-state index contributed by atoms with van der Waals surface area (Å²) < 4.78 is 1.56. The van der Waals surface area contributed by atoms with E-state index in [0.717, 1.165) is 30.6 Å². The van der Waals surface area contributed by atoms with E-state index in [4.69, 9.17) is 23.2 Å². The standard InChI is InChI=1S/C21H18Cl2N4O2/c1-13(28)26-9-2-3-14-11-15(4-7-20(14)26)24-21(29)19-8-10-27(25-19)16-5-6-17(22)18(23)12-16/h4-8,10-12H,2-3,9H2,1H3,(H,24,29). The predicted octanol–water partition coefficient (Wildman–Crippen LogP) is 4.73. The molecule has 0 saturated carbocycles. The molecule has 1 aromatic heterocycles. The summed E-state index contributed by atoms with van der Waals surface area (Å²) in [5.41, 5.74) is 3.61. The lowest BCUT2D eigenvalue weighted by atomic mass is 10.0. The van der Waals surface area contributed by atoms with Crippen molar-refractivity contribution in [1.29, 1.82) is 0 Å². The van der Waals surface area contributed by atoms with Crippen LogP contribution in [0.4, 0.5) is 11.4 Å². The Labute approximate surface area is 178 Å². The molecule has 6 nitrogen and oxygen atoms in total. The molecule has 0 aliphatic carbocycles. The third-order valence-corrected chi connectivity index (χ3v) is 5.56. The van der Waals surface area contributed by atoms with Gasteiger partial charge in [-0.3, -0.25) is 9.59 Å². The molecule has 0 bridgehead atoms. The molecular formula is C21H18Cl2N4O2. The smallest absolute Gasteiger partial charge is 0.276 e. The predicted molar refractivity (Wildman–Crippen MR) is 114 cm³/mol. The van der Waals surface area contributed by atoms with Gasteiger partial charge in [0.05, 0.1) is 15.7 Å². The van der Waals surface area contributed by atoms with Gasteiger partial charge in [0.25, 0.3) is 5.91 Å². The Balaban J connectivity index is 1.52. The second-order valence-electron chi connectivity index (χ2n) is 6.82. The van der Waals surface area contributed by atoms with E-state index in [1.54, 1.807) is 53.0 Å². The van der Waals surface area contributed by atoms with Gasteiger partial charge in [-0.1, -0.05) is 23.2 Å². The van der Waals surface area contributed by atoms with Crippen molar-refractivity contribution in [3.8, 4) is 5.69 Å². The Morgan fingerprint density at radius 1 is 1.07 bits per heavy atom. The quantitative estimate of drug-likeness (QED) is 0.655. The number of nitrogens with zero attached hydrogens (tertiary/aromatic N) is 3. The van der Waals surface area contributed by atoms with Gasteiger partial charge in [0.2, 0.25) is 5.91 Å². The zero-order chi connectivity index (χ0) is 20.5. The molecule has 0 radical (unpaired) electrons. The summed E-state index contributed by atoms with van der Waals surface area (Å²) in [5, 5.41) is 8.06. The molecule has 2 heterocycles. The Bertz CT molecular complexity index is 1110. The van der Waals surface area contributed by atoms with Crippen molar-refractivity contribution in [2.75, 3.05) is 16.8 Å². The fraction of sp³-hybridized carbons (Fsp3) is 0.190. The van der Waals surface area contributed by atoms with E-state index in [1.807, 2.05) is 12.1 Å². The molecule has 29 heavy (non-hydrogen) atoms. The second-order valence-corrected chi connectivity index (χ2v) is 7.63. The topological polar surface area (TPSA) is 67.2 Å². The maximum atomic E-state index is 12.6. The fourth-order valence-corrected chi connectivity index (χ4v) is 3.71. The Morgan fingerprint density at radius 2 is 1.90 bits per heavy atom. The molecule has 0 unspecified atom stereocenters. The zero-order valence-corrected chi connectivity index (χ0v) is 17.2. The number of fused-ring (bicyclic) bond motifs is 1. The van der Waals surface area contributed by atoms with E-state index in [1.165, 1.54) is 0 Å². The third-order valence-electron chi connectivity index (χ3n) is 4.83. The number of nitrogens with one attached hydrogen (secondary N) is 1. The normalized spacial score (nSPS) is 13.1. The molecule has 4 rings (SSSR count). The van der Waals surface area contributed by atoms with Crippen molar-refractivity contribution in [2.24, 2.45) is 0 Å². The summed E-state index contributed by atoms with van der Waals surface area (Å²) in [6.07, 6.45) is 3.46. The summed E-state index contributed by atoms with van der Waals surface area (Å²) in [6, 6.07) is 12.4. The molecule has 8 heteroatoms. The number of hydrogen-bond donors (Lipinski definition) is 1. The second kappa shape index (κ2) is 7.89. The highest BCUT2D eigenvalue weighted by atomic mass is 35.5. The van der Waals surface area contributed by atoms with E-state index >= 15 is 0 Å². The first kappa shape index (κ1) is 19.5. The van der Waals surface area contributed by atoms with Crippen molar-refractivity contribution < 1.29 is 9.59 Å². The first-order valence-electron chi connectivity index (χ1n) is 9.16. The summed E-state index contributed by atoms with van der Waals surface area (Å²) in [5.74, 6) is -0.293. The lowest BCUT2D eigenvalue weighted by Gasteiger charge is -2.28. The molecule has 0 saturated heterocycles. The number of carbonyl (C=O) groups is 2. The van der Waals surface area contributed by atoms with Gasteiger partial charge in [-0.15, -0.1) is 0 Å². The van der Waals surface area contributed by atoms with Crippen LogP contribution in [-0.2, 0) is 11.2 Å². The highest BCUT2D eigenvalue weighted by molar-refractivity contribution is 6.42. The first-order valence-corrected chi connectivity index (χ1v) is 9.91. The Hall–Kier alpha value is -2.83. The molecule has 0 spiro atoms. The summed E-state index contributed by atoms with van der Waals surface area (Å²) in [7, 11) is 0. The van der Waals surface area contributed by atoms with Gasteiger partial charge in [0.1, 0.15) is 0 Å². The molecule has 1 N–H and O–H groups in total. The minimum absolute atomic E-state index is 0.0237. The highest BCUT2D eigenvalue weighted by Gasteiger charge is 2.20. The third kappa shape index (κ3) is 3.99. The van der Waals surface area contributed by atoms with Crippen LogP contribution in [-0.4, -0.2) is 28.1 Å². The Morgan fingerprint density at radius 3 is 2.66 bits per heavy atom. The monoisotopic (exact) mass is 428 g/mol. The number of aryl methyl sites for hydroxylation is 1. The minimum Gasteiger partial charge on any atom is -0.321 e. The molecule has 3 aromatic rings. The minimum atomic E-state index is -0.317. The highest BCUT2D eigenvalue weighted by Crippen LogP contribution is 2.30. The van der Waals surface area contributed by atoms with Crippen LogP contribution in [0.15, 0.2) is 48.7 Å². The van der Waals surface area contributed by atoms with Crippen LogP contribution in [0.1, 0.15) is 29.4 Å². The number of benzene rings is 2. The number of anilines is 2. The maximum absolute atomic E-state index is 12.6. The van der Waals surface area contributed by atoms with E-state index in [0.29, 0.717) is 21.4 Å². The molecule has 1 aliphatic rings. The molecule has 0 atom stereocenters. The molecule has 1 aliphatic heterocycles. The van der Waals surface area contributed by atoms with Gasteiger partial charge in [0, 0.05) is 31.0 Å². The van der Waals surface area contributed by atoms with Gasteiger partial charge in [-0.2, -0.15) is 5.10 Å². The molecule has 0 fully saturated rings. The van der Waals surface area contributed by atoms with Gasteiger partial charge in [-0.25, -0.2) is 4.68 Å². The molecule has 2 aromatic carbocycles. The van der Waals surface area contributed by atoms with Crippen molar-refractivity contribution >= 4 is 46.4 Å². The van der Waals surface area contributed by atoms with Crippen LogP contribution >= 0.6 is 23.2 Å². The fourth-order valence-electron chi connectivity index (χ4n) is 3.41. The van der Waals surface area contributed by atoms with E-state index in [9.17, 15) is 9.59 Å². The molecular weight excluding hydrogens is 411 g/mol. The van der Waals surface area contributed by atoms with Gasteiger partial charge < -0.3 is 10.2 Å². The number of amides is 2. The van der Waals surface area contributed by atoms with Gasteiger partial charge >= 0.3 is 0 Å². The number of aromatic nitrogens is 2. The van der Waals surface area contributed by atoms with Crippen LogP contribution in [0.2, 0.25) is 10.0 Å². The number of carbonyl (C=O) groups excluding carboxylic acids is 2. The number of rotatable bonds is 3. The molecule has 148 valence electrons. The average Bonchev–Trinajstić information content (AvgIpc) is 3.19. The number of halogens is 2. The van der Waals surface area contributed by atoms with Crippen molar-refractivity contribution in [2.45, 2.75) is 19.8 Å². The lowest BCUT2D eigenvalue weighted by molar-refractivity contribution is -0.116. The van der Waals surface area contributed by atoms with Crippen molar-refractivity contribution in [1.82, 2.24) is 9.78 Å². The van der Waals surface area contributed by atoms with E-state index in [2.05, 4.69) is 10.4 Å². The molecule has 2 amide bonds. The largest absolute Gasteiger partial charge is 0.321 e. The average molecular weight is 429 g/mol. The maximum Gasteiger partial charge on any atom is 0.276 e. The van der Waals surface area contributed by atoms with Gasteiger partial charge in [0.15, 0.2) is 5.69 Å². The van der Waals surface area contributed by atoms with Crippen LogP contribution in [0.5, 0.6) is 0 Å². The zero-order valence-electron chi connectivity index (χ0n) is 15.7. The van der Waals surface area contributed by atoms with Crippen LogP contribution < -0.4 is 10.2 Å².